The standard InChI is InChI=1S/C9H15N5O2/c1-3-14(6-8(10)12-16)9(15)7-4-11-13(2)5-7/h4-5,16H,3,6H2,1-2H3,(H2,10,12). The van der Waals surface area contributed by atoms with E-state index in [2.05, 4.69) is 10.3 Å². The summed E-state index contributed by atoms with van der Waals surface area (Å²) in [5, 5.41) is 15.2. The van der Waals surface area contributed by atoms with Crippen molar-refractivity contribution in [3.8, 4) is 0 Å². The Kier molecular flexibility index (Phi) is 3.87. The van der Waals surface area contributed by atoms with E-state index in [0.29, 0.717) is 12.1 Å². The van der Waals surface area contributed by atoms with Crippen LogP contribution in [0.2, 0.25) is 0 Å². The Balaban J connectivity index is 2.77. The lowest BCUT2D eigenvalue weighted by molar-refractivity contribution is 0.0786. The molecule has 7 heteroatoms. The van der Waals surface area contributed by atoms with E-state index in [4.69, 9.17) is 10.9 Å². The molecule has 0 atom stereocenters. The van der Waals surface area contributed by atoms with Gasteiger partial charge in [-0.3, -0.25) is 9.48 Å². The van der Waals surface area contributed by atoms with Crippen LogP contribution in [-0.2, 0) is 7.05 Å². The zero-order valence-electron chi connectivity index (χ0n) is 9.29. The minimum Gasteiger partial charge on any atom is -0.409 e. The summed E-state index contributed by atoms with van der Waals surface area (Å²) in [5.41, 5.74) is 5.84. The van der Waals surface area contributed by atoms with Crippen molar-refractivity contribution in [3.63, 3.8) is 0 Å². The average Bonchev–Trinajstić information content (AvgIpc) is 2.71. The molecule has 1 rings (SSSR count). The van der Waals surface area contributed by atoms with Crippen molar-refractivity contribution in [2.75, 3.05) is 13.1 Å². The number of amides is 1. The lowest BCUT2D eigenvalue weighted by Crippen LogP contribution is -2.38. The normalized spacial score (nSPS) is 11.5. The first kappa shape index (κ1) is 12.0. The molecule has 1 heterocycles. The fourth-order valence-electron chi connectivity index (χ4n) is 1.27. The van der Waals surface area contributed by atoms with Crippen molar-refractivity contribution < 1.29 is 10.0 Å². The van der Waals surface area contributed by atoms with Gasteiger partial charge in [-0.05, 0) is 6.92 Å². The number of carbonyl (C=O) groups excluding carboxylic acids is 1. The summed E-state index contributed by atoms with van der Waals surface area (Å²) in [6.45, 7) is 2.39. The Morgan fingerprint density at radius 1 is 1.75 bits per heavy atom. The third-order valence-corrected chi connectivity index (χ3v) is 2.10. The summed E-state index contributed by atoms with van der Waals surface area (Å²) < 4.78 is 1.55. The van der Waals surface area contributed by atoms with Gasteiger partial charge in [0, 0.05) is 19.8 Å². The number of carbonyl (C=O) groups is 1. The van der Waals surface area contributed by atoms with Gasteiger partial charge in [-0.25, -0.2) is 0 Å². The molecule has 1 amide bonds. The second-order valence-electron chi connectivity index (χ2n) is 3.31. The van der Waals surface area contributed by atoms with Crippen LogP contribution in [0.1, 0.15) is 17.3 Å². The summed E-state index contributed by atoms with van der Waals surface area (Å²) in [6, 6.07) is 0. The molecular weight excluding hydrogens is 210 g/mol. The largest absolute Gasteiger partial charge is 0.409 e. The van der Waals surface area contributed by atoms with E-state index in [-0.39, 0.29) is 18.3 Å². The molecule has 0 aliphatic rings. The quantitative estimate of drug-likeness (QED) is 0.316. The molecule has 1 aromatic rings. The Morgan fingerprint density at radius 2 is 2.44 bits per heavy atom. The minimum atomic E-state index is -0.192. The first-order valence-corrected chi connectivity index (χ1v) is 4.82. The first-order chi connectivity index (χ1) is 7.58. The molecule has 3 N–H and O–H groups in total. The van der Waals surface area contributed by atoms with Gasteiger partial charge in [-0.1, -0.05) is 5.16 Å². The Labute approximate surface area is 93.1 Å². The molecule has 0 bridgehead atoms. The van der Waals surface area contributed by atoms with Gasteiger partial charge in [0.2, 0.25) is 0 Å². The second kappa shape index (κ2) is 5.15. The smallest absolute Gasteiger partial charge is 0.257 e. The first-order valence-electron chi connectivity index (χ1n) is 4.82. The van der Waals surface area contributed by atoms with Crippen molar-refractivity contribution in [1.29, 1.82) is 0 Å². The summed E-state index contributed by atoms with van der Waals surface area (Å²) in [5.74, 6) is -0.193. The molecule has 88 valence electrons. The van der Waals surface area contributed by atoms with Crippen molar-refractivity contribution in [2.45, 2.75) is 6.92 Å². The van der Waals surface area contributed by atoms with Crippen molar-refractivity contribution in [1.82, 2.24) is 14.7 Å². The molecule has 1 aromatic heterocycles. The van der Waals surface area contributed by atoms with E-state index in [1.54, 1.807) is 17.9 Å². The molecular formula is C9H15N5O2. The third kappa shape index (κ3) is 2.72. The van der Waals surface area contributed by atoms with E-state index >= 15 is 0 Å². The Bertz CT molecular complexity index is 398. The summed E-state index contributed by atoms with van der Waals surface area (Å²) in [6.07, 6.45) is 3.11. The predicted molar refractivity (Wildman–Crippen MR) is 58.2 cm³/mol. The van der Waals surface area contributed by atoms with E-state index in [9.17, 15) is 4.79 Å². The Hall–Kier alpha value is -2.05. The molecule has 7 nitrogen and oxygen atoms in total. The van der Waals surface area contributed by atoms with Crippen LogP contribution >= 0.6 is 0 Å². The zero-order chi connectivity index (χ0) is 12.1. The van der Waals surface area contributed by atoms with Crippen molar-refractivity contribution in [2.24, 2.45) is 17.9 Å². The highest BCUT2D eigenvalue weighted by atomic mass is 16.4. The lowest BCUT2D eigenvalue weighted by Gasteiger charge is -2.18. The van der Waals surface area contributed by atoms with Gasteiger partial charge in [0.05, 0.1) is 18.3 Å². The number of amidine groups is 1. The SMILES string of the molecule is CCN(CC(N)=NO)C(=O)c1cnn(C)c1. The summed E-state index contributed by atoms with van der Waals surface area (Å²) >= 11 is 0. The topological polar surface area (TPSA) is 96.7 Å². The van der Waals surface area contributed by atoms with E-state index in [1.165, 1.54) is 11.1 Å². The van der Waals surface area contributed by atoms with Gasteiger partial charge in [0.1, 0.15) is 0 Å². The van der Waals surface area contributed by atoms with Crippen LogP contribution < -0.4 is 5.73 Å². The van der Waals surface area contributed by atoms with Gasteiger partial charge < -0.3 is 15.8 Å². The van der Waals surface area contributed by atoms with Gasteiger partial charge in [0.25, 0.3) is 5.91 Å². The lowest BCUT2D eigenvalue weighted by atomic mass is 10.3. The Morgan fingerprint density at radius 3 is 2.88 bits per heavy atom. The van der Waals surface area contributed by atoms with Crippen LogP contribution in [0.5, 0.6) is 0 Å². The number of nitrogens with two attached hydrogens (primary N) is 1. The maximum atomic E-state index is 11.9. The molecule has 0 saturated carbocycles. The second-order valence-corrected chi connectivity index (χ2v) is 3.31. The van der Waals surface area contributed by atoms with Gasteiger partial charge in [0.15, 0.2) is 5.84 Å². The van der Waals surface area contributed by atoms with E-state index in [1.807, 2.05) is 6.92 Å². The molecule has 0 saturated heterocycles. The van der Waals surface area contributed by atoms with Crippen LogP contribution in [0.15, 0.2) is 17.5 Å². The number of hydrogen-bond acceptors (Lipinski definition) is 4. The van der Waals surface area contributed by atoms with Crippen LogP contribution in [-0.4, -0.2) is 44.7 Å². The van der Waals surface area contributed by atoms with Gasteiger partial charge >= 0.3 is 0 Å². The highest BCUT2D eigenvalue weighted by Gasteiger charge is 2.16. The molecule has 0 aliphatic heterocycles. The summed E-state index contributed by atoms with van der Waals surface area (Å²) in [7, 11) is 1.73. The molecule has 16 heavy (non-hydrogen) atoms. The van der Waals surface area contributed by atoms with Gasteiger partial charge in [-0.2, -0.15) is 5.10 Å². The zero-order valence-corrected chi connectivity index (χ0v) is 9.29. The van der Waals surface area contributed by atoms with Crippen LogP contribution in [0, 0.1) is 0 Å². The molecule has 0 fully saturated rings. The fraction of sp³-hybridized carbons (Fsp3) is 0.444. The predicted octanol–water partition coefficient (Wildman–Crippen LogP) is -0.371. The molecule has 0 aromatic carbocycles. The van der Waals surface area contributed by atoms with Crippen LogP contribution in [0.4, 0.5) is 0 Å². The van der Waals surface area contributed by atoms with E-state index in [0.717, 1.165) is 0 Å². The third-order valence-electron chi connectivity index (χ3n) is 2.10. The molecule has 0 aliphatic carbocycles. The van der Waals surface area contributed by atoms with E-state index < -0.39 is 0 Å². The maximum absolute atomic E-state index is 11.9. The number of rotatable bonds is 4. The number of oxime groups is 1. The minimum absolute atomic E-state index is 0.000842. The molecule has 0 spiro atoms. The number of likely N-dealkylation sites (N-methyl/N-ethyl adjacent to an activating group) is 1. The number of aromatic nitrogens is 2. The molecule has 0 unspecified atom stereocenters. The van der Waals surface area contributed by atoms with Crippen molar-refractivity contribution >= 4 is 11.7 Å². The molecule has 0 radical (unpaired) electrons. The maximum Gasteiger partial charge on any atom is 0.257 e. The number of aryl methyl sites for hydroxylation is 1. The summed E-state index contributed by atoms with van der Waals surface area (Å²) in [4.78, 5) is 13.4. The van der Waals surface area contributed by atoms with Crippen LogP contribution in [0.25, 0.3) is 0 Å². The van der Waals surface area contributed by atoms with Crippen molar-refractivity contribution in [3.05, 3.63) is 18.0 Å². The highest BCUT2D eigenvalue weighted by molar-refractivity contribution is 5.96. The average molecular weight is 225 g/mol. The number of hydrogen-bond donors (Lipinski definition) is 2. The van der Waals surface area contributed by atoms with Gasteiger partial charge in [-0.15, -0.1) is 0 Å². The number of nitrogens with zero attached hydrogens (tertiary/aromatic N) is 4. The highest BCUT2D eigenvalue weighted by Crippen LogP contribution is 2.02. The van der Waals surface area contributed by atoms with Crippen LogP contribution in [0.3, 0.4) is 0 Å². The fourth-order valence-corrected chi connectivity index (χ4v) is 1.27. The monoisotopic (exact) mass is 225 g/mol.